The molecule has 43 heavy (non-hydrogen) atoms. The number of benzene rings is 3. The largest absolute Gasteiger partial charge is 0.473 e. The molecule has 0 radical (unpaired) electrons. The Morgan fingerprint density at radius 2 is 1.53 bits per heavy atom. The number of ether oxygens (including phenoxy) is 2. The van der Waals surface area contributed by atoms with Gasteiger partial charge >= 0.3 is 6.09 Å². The van der Waals surface area contributed by atoms with Gasteiger partial charge in [0.2, 0.25) is 11.8 Å². The van der Waals surface area contributed by atoms with Crippen LogP contribution < -0.4 is 14.4 Å². The molecule has 1 aromatic heterocycles. The molecule has 1 atom stereocenters. The third-order valence-corrected chi connectivity index (χ3v) is 7.82. The monoisotopic (exact) mass is 583 g/mol. The number of aryl methyl sites for hydroxylation is 1. The summed E-state index contributed by atoms with van der Waals surface area (Å²) in [5.41, 5.74) is 4.29. The second kappa shape index (κ2) is 12.7. The van der Waals surface area contributed by atoms with Gasteiger partial charge in [-0.25, -0.2) is 9.18 Å². The number of halogens is 1. The van der Waals surface area contributed by atoms with Crippen LogP contribution in [0.15, 0.2) is 84.9 Å². The van der Waals surface area contributed by atoms with Crippen LogP contribution in [0, 0.1) is 18.2 Å². The Bertz CT molecular complexity index is 1560. The van der Waals surface area contributed by atoms with Gasteiger partial charge in [0.25, 0.3) is 0 Å². The van der Waals surface area contributed by atoms with Gasteiger partial charge in [-0.3, -0.25) is 0 Å². The minimum absolute atomic E-state index is 0.117. The molecule has 1 saturated heterocycles. The average Bonchev–Trinajstić information content (AvgIpc) is 3.00. The minimum Gasteiger partial charge on any atom is -0.473 e. The number of aromatic nitrogens is 1. The van der Waals surface area contributed by atoms with Gasteiger partial charge in [-0.2, -0.15) is 4.98 Å². The van der Waals surface area contributed by atoms with Crippen molar-refractivity contribution in [2.45, 2.75) is 47.0 Å². The third-order valence-electron chi connectivity index (χ3n) is 7.82. The number of nitrogens with zero attached hydrogens (tertiary/aromatic N) is 3. The predicted octanol–water partition coefficient (Wildman–Crippen LogP) is 7.57. The Kier molecular flexibility index (Phi) is 8.85. The molecule has 0 saturated carbocycles. The van der Waals surface area contributed by atoms with Gasteiger partial charge in [0.15, 0.2) is 0 Å². The van der Waals surface area contributed by atoms with Crippen molar-refractivity contribution in [2.75, 3.05) is 24.5 Å². The highest BCUT2D eigenvalue weighted by molar-refractivity contribution is 5.74. The van der Waals surface area contributed by atoms with Crippen molar-refractivity contribution in [1.29, 1.82) is 0 Å². The number of carbonyl (C=O) groups is 1. The van der Waals surface area contributed by atoms with Crippen LogP contribution in [-0.2, 0) is 13.2 Å². The summed E-state index contributed by atoms with van der Waals surface area (Å²) in [4.78, 5) is 20.0. The number of pyridine rings is 1. The van der Waals surface area contributed by atoms with Crippen molar-refractivity contribution in [1.82, 2.24) is 9.88 Å². The molecule has 7 nitrogen and oxygen atoms in total. The van der Waals surface area contributed by atoms with E-state index in [1.807, 2.05) is 73.7 Å². The fourth-order valence-electron chi connectivity index (χ4n) is 5.45. The van der Waals surface area contributed by atoms with E-state index < -0.39 is 11.9 Å². The normalized spacial score (nSPS) is 15.3. The molecule has 4 aromatic rings. The Morgan fingerprint density at radius 3 is 2.14 bits per heavy atom. The van der Waals surface area contributed by atoms with Gasteiger partial charge in [-0.05, 0) is 47.2 Å². The van der Waals surface area contributed by atoms with E-state index in [9.17, 15) is 9.90 Å². The molecule has 1 N–H and O–H groups in total. The first kappa shape index (κ1) is 29.9. The van der Waals surface area contributed by atoms with Gasteiger partial charge in [0, 0.05) is 42.5 Å². The maximum Gasteiger partial charge on any atom is 0.407 e. The zero-order chi connectivity index (χ0) is 30.6. The number of piperazine rings is 1. The fourth-order valence-corrected chi connectivity index (χ4v) is 5.45. The molecule has 224 valence electrons. The van der Waals surface area contributed by atoms with Crippen LogP contribution in [0.2, 0.25) is 0 Å². The van der Waals surface area contributed by atoms with E-state index in [-0.39, 0.29) is 23.9 Å². The first-order valence-corrected chi connectivity index (χ1v) is 14.5. The van der Waals surface area contributed by atoms with Gasteiger partial charge in [-0.15, -0.1) is 0 Å². The summed E-state index contributed by atoms with van der Waals surface area (Å²) in [6, 6.07) is 26.3. The highest BCUT2D eigenvalue weighted by Gasteiger charge is 2.38. The first-order valence-electron chi connectivity index (χ1n) is 14.5. The van der Waals surface area contributed by atoms with Crippen LogP contribution >= 0.6 is 0 Å². The highest BCUT2D eigenvalue weighted by atomic mass is 19.1. The lowest BCUT2D eigenvalue weighted by atomic mass is 9.83. The Hall–Kier alpha value is -4.59. The maximum atomic E-state index is 16.1. The molecule has 1 aliphatic heterocycles. The molecule has 5 rings (SSSR count). The molecule has 0 bridgehead atoms. The van der Waals surface area contributed by atoms with Crippen molar-refractivity contribution in [2.24, 2.45) is 5.41 Å². The van der Waals surface area contributed by atoms with E-state index in [1.165, 1.54) is 4.90 Å². The summed E-state index contributed by atoms with van der Waals surface area (Å²) in [5.74, 6) is 0.259. The predicted molar refractivity (Wildman–Crippen MR) is 166 cm³/mol. The molecule has 1 aliphatic rings. The molecule has 1 amide bonds. The van der Waals surface area contributed by atoms with Gasteiger partial charge in [-0.1, -0.05) is 81.4 Å². The number of amides is 1. The Balaban J connectivity index is 1.47. The SMILES string of the molecule is Cc1cc(-c2ccc(OCc3ccccc3)nc2OCc2ccccc2)c(F)cc1N1CCN(C(=O)O)CC1C(C)(C)C. The summed E-state index contributed by atoms with van der Waals surface area (Å²) < 4.78 is 28.2. The van der Waals surface area contributed by atoms with Crippen molar-refractivity contribution >= 4 is 11.8 Å². The van der Waals surface area contributed by atoms with Crippen LogP contribution in [0.5, 0.6) is 11.8 Å². The zero-order valence-corrected chi connectivity index (χ0v) is 25.1. The van der Waals surface area contributed by atoms with Crippen molar-refractivity contribution in [3.8, 4) is 22.9 Å². The molecular formula is C35H38FN3O4. The number of hydrogen-bond acceptors (Lipinski definition) is 5. The van der Waals surface area contributed by atoms with Gasteiger partial charge in [0.05, 0.1) is 6.04 Å². The molecule has 1 unspecified atom stereocenters. The number of carboxylic acid groups (broad SMARTS) is 1. The lowest BCUT2D eigenvalue weighted by molar-refractivity contribution is 0.118. The van der Waals surface area contributed by atoms with Gasteiger partial charge in [0.1, 0.15) is 19.0 Å². The second-order valence-corrected chi connectivity index (χ2v) is 12.0. The van der Waals surface area contributed by atoms with E-state index in [1.54, 1.807) is 18.2 Å². The van der Waals surface area contributed by atoms with Crippen molar-refractivity contribution in [3.05, 3.63) is 107 Å². The van der Waals surface area contributed by atoms with E-state index in [4.69, 9.17) is 9.47 Å². The van der Waals surface area contributed by atoms with E-state index in [2.05, 4.69) is 30.7 Å². The van der Waals surface area contributed by atoms with Crippen LogP contribution in [0.25, 0.3) is 11.1 Å². The van der Waals surface area contributed by atoms with E-state index >= 15 is 4.39 Å². The lowest BCUT2D eigenvalue weighted by Crippen LogP contribution is -2.59. The van der Waals surface area contributed by atoms with Crippen LogP contribution in [0.1, 0.15) is 37.5 Å². The molecule has 0 aliphatic carbocycles. The zero-order valence-electron chi connectivity index (χ0n) is 25.1. The molecule has 3 aromatic carbocycles. The third kappa shape index (κ3) is 7.08. The summed E-state index contributed by atoms with van der Waals surface area (Å²) in [6.45, 7) is 10.0. The highest BCUT2D eigenvalue weighted by Crippen LogP contribution is 2.39. The van der Waals surface area contributed by atoms with E-state index in [0.717, 1.165) is 22.4 Å². The Labute approximate surface area is 252 Å². The smallest absolute Gasteiger partial charge is 0.407 e. The minimum atomic E-state index is -0.932. The number of rotatable bonds is 8. The summed E-state index contributed by atoms with van der Waals surface area (Å²) in [7, 11) is 0. The average molecular weight is 584 g/mol. The number of anilines is 1. The van der Waals surface area contributed by atoms with Crippen LogP contribution in [-0.4, -0.2) is 46.8 Å². The molecule has 2 heterocycles. The lowest BCUT2D eigenvalue weighted by Gasteiger charge is -2.48. The van der Waals surface area contributed by atoms with Crippen molar-refractivity contribution < 1.29 is 23.8 Å². The fraction of sp³-hybridized carbons (Fsp3) is 0.314. The van der Waals surface area contributed by atoms with Crippen LogP contribution in [0.4, 0.5) is 14.9 Å². The molecule has 0 spiro atoms. The van der Waals surface area contributed by atoms with Crippen molar-refractivity contribution in [3.63, 3.8) is 0 Å². The van der Waals surface area contributed by atoms with Crippen LogP contribution in [0.3, 0.4) is 0 Å². The Morgan fingerprint density at radius 1 is 0.907 bits per heavy atom. The first-order chi connectivity index (χ1) is 20.6. The van der Waals surface area contributed by atoms with Gasteiger partial charge < -0.3 is 24.4 Å². The molecule has 8 heteroatoms. The summed E-state index contributed by atoms with van der Waals surface area (Å²) in [5, 5.41) is 9.61. The summed E-state index contributed by atoms with van der Waals surface area (Å²) >= 11 is 0. The summed E-state index contributed by atoms with van der Waals surface area (Å²) in [6.07, 6.45) is -0.932. The van der Waals surface area contributed by atoms with E-state index in [0.29, 0.717) is 43.2 Å². The second-order valence-electron chi connectivity index (χ2n) is 12.0. The standard InChI is InChI=1S/C35H38FN3O4/c1-24-19-28(29(36)20-30(24)39-18-17-38(34(40)41)21-31(39)35(2,3)4)27-15-16-32(42-22-25-11-7-5-8-12-25)37-33(27)43-23-26-13-9-6-10-14-26/h5-16,19-20,31H,17-18,21-23H2,1-4H3,(H,40,41). The topological polar surface area (TPSA) is 75.1 Å². The quantitative estimate of drug-likeness (QED) is 0.231. The molecule has 1 fully saturated rings. The molecular weight excluding hydrogens is 545 g/mol. The maximum absolute atomic E-state index is 16.1. The number of hydrogen-bond donors (Lipinski definition) is 1.